The van der Waals surface area contributed by atoms with Gasteiger partial charge in [0.05, 0.1) is 6.04 Å². The van der Waals surface area contributed by atoms with Crippen LogP contribution in [0.2, 0.25) is 0 Å². The third kappa shape index (κ3) is 8.23. The van der Waals surface area contributed by atoms with E-state index in [1.807, 2.05) is 32.9 Å². The van der Waals surface area contributed by atoms with Crippen LogP contribution < -0.4 is 16.2 Å². The minimum Gasteiger partial charge on any atom is -0.347 e. The van der Waals surface area contributed by atoms with Gasteiger partial charge in [-0.1, -0.05) is 31.5 Å². The van der Waals surface area contributed by atoms with Gasteiger partial charge in [0.15, 0.2) is 11.6 Å². The van der Waals surface area contributed by atoms with Gasteiger partial charge in [-0.3, -0.25) is 19.2 Å². The van der Waals surface area contributed by atoms with E-state index in [1.165, 1.54) is 13.0 Å². The van der Waals surface area contributed by atoms with Crippen LogP contribution in [-0.2, 0) is 22.8 Å². The highest BCUT2D eigenvalue weighted by Crippen LogP contribution is 2.34. The molecule has 0 unspecified atom stereocenters. The summed E-state index contributed by atoms with van der Waals surface area (Å²) in [6, 6.07) is 4.84. The molecule has 1 aromatic heterocycles. The third-order valence-corrected chi connectivity index (χ3v) is 7.37. The molecular formula is C33H42F5N3O4. The number of carbonyl (C=O) groups excluding carboxylic acids is 3. The van der Waals surface area contributed by atoms with Crippen molar-refractivity contribution in [1.29, 1.82) is 0 Å². The Labute approximate surface area is 262 Å². The van der Waals surface area contributed by atoms with Crippen molar-refractivity contribution in [3.05, 3.63) is 91.9 Å². The third-order valence-electron chi connectivity index (χ3n) is 7.37. The Morgan fingerprint density at radius 1 is 0.956 bits per heavy atom. The predicted octanol–water partition coefficient (Wildman–Crippen LogP) is 6.99. The second-order valence-electron chi connectivity index (χ2n) is 11.8. The van der Waals surface area contributed by atoms with E-state index in [9.17, 15) is 32.3 Å². The normalized spacial score (nSPS) is 13.0. The second kappa shape index (κ2) is 13.7. The summed E-state index contributed by atoms with van der Waals surface area (Å²) < 4.78 is 70.3. The molecule has 0 spiro atoms. The Balaban J connectivity index is 0.00000736. The molecule has 0 aliphatic heterocycles. The quantitative estimate of drug-likeness (QED) is 0.234. The van der Waals surface area contributed by atoms with Gasteiger partial charge in [-0.2, -0.15) is 13.2 Å². The minimum absolute atomic E-state index is 0. The summed E-state index contributed by atoms with van der Waals surface area (Å²) in [4.78, 5) is 51.4. The van der Waals surface area contributed by atoms with Crippen LogP contribution >= 0.6 is 0 Å². The number of ketones is 1. The fourth-order valence-corrected chi connectivity index (χ4v) is 5.47. The van der Waals surface area contributed by atoms with Crippen molar-refractivity contribution in [2.75, 3.05) is 0 Å². The minimum atomic E-state index is -4.84. The van der Waals surface area contributed by atoms with Crippen molar-refractivity contribution in [2.24, 2.45) is 13.0 Å². The van der Waals surface area contributed by atoms with Crippen molar-refractivity contribution in [1.82, 2.24) is 15.2 Å². The molecule has 0 bridgehead atoms. The molecule has 3 aromatic rings. The molecule has 3 rings (SSSR count). The largest absolute Gasteiger partial charge is 0.431 e. The number of hydrogen-bond donors (Lipinski definition) is 2. The fourth-order valence-electron chi connectivity index (χ4n) is 5.47. The highest BCUT2D eigenvalue weighted by molar-refractivity contribution is 5.97. The Morgan fingerprint density at radius 3 is 2.09 bits per heavy atom. The van der Waals surface area contributed by atoms with Gasteiger partial charge < -0.3 is 15.2 Å². The summed E-state index contributed by atoms with van der Waals surface area (Å²) >= 11 is 0. The maximum absolute atomic E-state index is 15.3. The van der Waals surface area contributed by atoms with E-state index < -0.39 is 70.7 Å². The molecule has 0 saturated heterocycles. The van der Waals surface area contributed by atoms with Gasteiger partial charge in [-0.05, 0) is 86.6 Å². The van der Waals surface area contributed by atoms with Crippen LogP contribution in [0, 0.1) is 38.3 Å². The van der Waals surface area contributed by atoms with Crippen molar-refractivity contribution in [2.45, 2.75) is 72.6 Å². The van der Waals surface area contributed by atoms with Gasteiger partial charge in [0.1, 0.15) is 23.1 Å². The Hall–Kier alpha value is -4.35. The topological polar surface area (TPSA) is 97.3 Å². The van der Waals surface area contributed by atoms with Crippen LogP contribution in [0.3, 0.4) is 0 Å². The first-order valence-corrected chi connectivity index (χ1v) is 14.3. The highest BCUT2D eigenvalue weighted by Gasteiger charge is 2.35. The number of alkyl halides is 3. The van der Waals surface area contributed by atoms with Crippen LogP contribution in [0.1, 0.15) is 82.2 Å². The van der Waals surface area contributed by atoms with Crippen molar-refractivity contribution in [3.63, 3.8) is 0 Å². The van der Waals surface area contributed by atoms with E-state index in [4.69, 9.17) is 0 Å². The van der Waals surface area contributed by atoms with Gasteiger partial charge >= 0.3 is 6.18 Å². The van der Waals surface area contributed by atoms with Crippen LogP contribution in [0.15, 0.2) is 41.2 Å². The zero-order valence-electron chi connectivity index (χ0n) is 26.1. The van der Waals surface area contributed by atoms with Crippen LogP contribution in [0.4, 0.5) is 22.0 Å². The molecular weight excluding hydrogens is 597 g/mol. The lowest BCUT2D eigenvalue weighted by Crippen LogP contribution is -2.49. The summed E-state index contributed by atoms with van der Waals surface area (Å²) in [6.07, 6.45) is -5.22. The molecule has 0 saturated carbocycles. The Morgan fingerprint density at radius 2 is 1.56 bits per heavy atom. The lowest BCUT2D eigenvalue weighted by molar-refractivity contribution is -0.143. The summed E-state index contributed by atoms with van der Waals surface area (Å²) in [6.45, 7) is 10.3. The lowest BCUT2D eigenvalue weighted by Gasteiger charge is -2.25. The van der Waals surface area contributed by atoms with Crippen LogP contribution in [0.5, 0.6) is 0 Å². The summed E-state index contributed by atoms with van der Waals surface area (Å²) in [5.41, 5.74) is 0.207. The molecule has 7 nitrogen and oxygen atoms in total. The fraction of sp³-hybridized carbons (Fsp3) is 0.394. The van der Waals surface area contributed by atoms with E-state index in [2.05, 4.69) is 10.6 Å². The first kappa shape index (κ1) is 35.1. The molecule has 2 amide bonds. The van der Waals surface area contributed by atoms with Gasteiger partial charge in [-0.15, -0.1) is 0 Å². The Bertz CT molecular complexity index is 1690. The van der Waals surface area contributed by atoms with Gasteiger partial charge in [-0.25, -0.2) is 8.78 Å². The number of pyridine rings is 1. The van der Waals surface area contributed by atoms with Crippen molar-refractivity contribution < 1.29 is 40.6 Å². The number of amides is 2. The lowest BCUT2D eigenvalue weighted by atomic mass is 9.90. The van der Waals surface area contributed by atoms with E-state index in [-0.39, 0.29) is 26.7 Å². The second-order valence-corrected chi connectivity index (χ2v) is 11.8. The molecule has 0 fully saturated rings. The first-order valence-electron chi connectivity index (χ1n) is 14.3. The SMILES string of the molecule is CC(=O)C[C@H](NC(=O)[C@H](CC(C)C)NC(=O)c1ccc(C(F)(F)F)n(C)c1=O)c1cc(-c2c(C)cc(C)cc2C)cc(F)c1F.[HH].[HH].[HH]. The average Bonchev–Trinajstić information content (AvgIpc) is 2.89. The maximum atomic E-state index is 15.3. The average molecular weight is 640 g/mol. The summed E-state index contributed by atoms with van der Waals surface area (Å²) in [5.74, 6) is -5.04. The monoisotopic (exact) mass is 639 g/mol. The van der Waals surface area contributed by atoms with E-state index >= 15 is 8.78 Å². The molecule has 0 aliphatic carbocycles. The smallest absolute Gasteiger partial charge is 0.347 e. The highest BCUT2D eigenvalue weighted by atomic mass is 19.4. The molecule has 2 aromatic carbocycles. The van der Waals surface area contributed by atoms with Crippen LogP contribution in [-0.4, -0.2) is 28.2 Å². The zero-order chi connectivity index (χ0) is 34.0. The number of nitrogens with one attached hydrogen (secondary N) is 2. The van der Waals surface area contributed by atoms with Crippen LogP contribution in [0.25, 0.3) is 11.1 Å². The number of benzene rings is 2. The molecule has 1 heterocycles. The molecule has 2 N–H and O–H groups in total. The van der Waals surface area contributed by atoms with E-state index in [0.717, 1.165) is 35.9 Å². The van der Waals surface area contributed by atoms with E-state index in [1.54, 1.807) is 13.8 Å². The number of hydrogen-bond acceptors (Lipinski definition) is 4. The molecule has 12 heteroatoms. The molecule has 0 aliphatic rings. The van der Waals surface area contributed by atoms with Gasteiger partial charge in [0.25, 0.3) is 11.5 Å². The number of halogens is 5. The number of rotatable bonds is 10. The number of carbonyl (C=O) groups is 3. The zero-order valence-corrected chi connectivity index (χ0v) is 26.1. The number of aromatic nitrogens is 1. The summed E-state index contributed by atoms with van der Waals surface area (Å²) in [7, 11) is 0.869. The number of aryl methyl sites for hydroxylation is 3. The van der Waals surface area contributed by atoms with E-state index in [0.29, 0.717) is 17.2 Å². The van der Waals surface area contributed by atoms with Gasteiger partial charge in [0, 0.05) is 23.3 Å². The molecule has 45 heavy (non-hydrogen) atoms. The molecule has 248 valence electrons. The van der Waals surface area contributed by atoms with Gasteiger partial charge in [0.2, 0.25) is 5.91 Å². The van der Waals surface area contributed by atoms with Crippen molar-refractivity contribution >= 4 is 17.6 Å². The predicted molar refractivity (Wildman–Crippen MR) is 166 cm³/mol. The molecule has 0 radical (unpaired) electrons. The standard InChI is InChI=1S/C33H36F5N3O4.3H2/c1-16(2)10-26(40-30(43)22-8-9-27(33(36,37)38)41(7)32(22)45)31(44)39-25(13-20(6)42)23-14-21(15-24(34)29(23)35)28-18(4)11-17(3)12-19(28)5;;;/h8-9,11-12,14-16,25-26H,10,13H2,1-7H3,(H,39,44)(H,40,43);3*1H/t25-,26-;;;/m0.../s1. The number of Topliss-reactive ketones (excluding diaryl/α,β-unsaturated/α-hetero) is 1. The molecule has 2 atom stereocenters. The van der Waals surface area contributed by atoms with Crippen molar-refractivity contribution in [3.8, 4) is 11.1 Å². The first-order chi connectivity index (χ1) is 20.8. The summed E-state index contributed by atoms with van der Waals surface area (Å²) in [5, 5.41) is 4.94. The number of nitrogens with zero attached hydrogens (tertiary/aromatic N) is 1. The Kier molecular flexibility index (Phi) is 10.7. The maximum Gasteiger partial charge on any atom is 0.431 e.